The monoisotopic (exact) mass is 270 g/mol. The number of nitrogens with zero attached hydrogens (tertiary/aromatic N) is 1. The maximum Gasteiger partial charge on any atom is 0.317 e. The molecule has 6 nitrogen and oxygen atoms in total. The van der Waals surface area contributed by atoms with Gasteiger partial charge in [-0.05, 0) is 32.6 Å². The van der Waals surface area contributed by atoms with Gasteiger partial charge in [-0.25, -0.2) is 4.79 Å². The van der Waals surface area contributed by atoms with Gasteiger partial charge in [-0.15, -0.1) is 0 Å². The second kappa shape index (κ2) is 5.00. The maximum absolute atomic E-state index is 12.0. The van der Waals surface area contributed by atoms with E-state index in [1.165, 1.54) is 0 Å². The standard InChI is InChI=1S/C13H22N2O4/c1-12(19)4-3-7-15(9-12)11(18)14-8-13(10(16)17)5-2-6-13/h19H,2-9H2,1H3,(H,14,18)(H,16,17). The van der Waals surface area contributed by atoms with E-state index in [9.17, 15) is 19.8 Å². The molecule has 2 aliphatic rings. The molecule has 0 radical (unpaired) electrons. The number of likely N-dealkylation sites (tertiary alicyclic amines) is 1. The minimum absolute atomic E-state index is 0.180. The first-order valence-electron chi connectivity index (χ1n) is 6.83. The van der Waals surface area contributed by atoms with Crippen LogP contribution in [0.4, 0.5) is 4.79 Å². The number of aliphatic carboxylic acids is 1. The first-order valence-corrected chi connectivity index (χ1v) is 6.83. The van der Waals surface area contributed by atoms with Crippen LogP contribution < -0.4 is 5.32 Å². The van der Waals surface area contributed by atoms with Crippen LogP contribution in [0, 0.1) is 5.41 Å². The lowest BCUT2D eigenvalue weighted by atomic mass is 9.69. The number of hydrogen-bond donors (Lipinski definition) is 3. The van der Waals surface area contributed by atoms with E-state index in [0.29, 0.717) is 32.4 Å². The predicted molar refractivity (Wildman–Crippen MR) is 68.7 cm³/mol. The number of amides is 2. The summed E-state index contributed by atoms with van der Waals surface area (Å²) >= 11 is 0. The quantitative estimate of drug-likeness (QED) is 0.707. The van der Waals surface area contributed by atoms with Gasteiger partial charge in [0.05, 0.1) is 17.6 Å². The fraction of sp³-hybridized carbons (Fsp3) is 0.846. The molecule has 1 unspecified atom stereocenters. The molecule has 1 saturated carbocycles. The van der Waals surface area contributed by atoms with Crippen LogP contribution in [0.3, 0.4) is 0 Å². The van der Waals surface area contributed by atoms with Crippen molar-refractivity contribution in [2.24, 2.45) is 5.41 Å². The molecular formula is C13H22N2O4. The highest BCUT2D eigenvalue weighted by Crippen LogP contribution is 2.40. The van der Waals surface area contributed by atoms with E-state index in [1.807, 2.05) is 0 Å². The number of carbonyl (C=O) groups excluding carboxylic acids is 1. The van der Waals surface area contributed by atoms with Crippen molar-refractivity contribution in [3.8, 4) is 0 Å². The van der Waals surface area contributed by atoms with Gasteiger partial charge < -0.3 is 20.4 Å². The molecule has 19 heavy (non-hydrogen) atoms. The Morgan fingerprint density at radius 2 is 1.95 bits per heavy atom. The molecule has 1 aliphatic carbocycles. The molecule has 2 rings (SSSR count). The van der Waals surface area contributed by atoms with E-state index in [1.54, 1.807) is 11.8 Å². The van der Waals surface area contributed by atoms with Crippen molar-refractivity contribution in [2.75, 3.05) is 19.6 Å². The smallest absolute Gasteiger partial charge is 0.317 e. The summed E-state index contributed by atoms with van der Waals surface area (Å²) in [6.45, 7) is 2.82. The fourth-order valence-electron chi connectivity index (χ4n) is 2.82. The molecule has 0 spiro atoms. The van der Waals surface area contributed by atoms with Crippen LogP contribution in [0.5, 0.6) is 0 Å². The van der Waals surface area contributed by atoms with Gasteiger partial charge in [-0.1, -0.05) is 6.42 Å². The van der Waals surface area contributed by atoms with Gasteiger partial charge in [0.1, 0.15) is 0 Å². The molecule has 108 valence electrons. The average Bonchev–Trinajstić information content (AvgIpc) is 2.25. The van der Waals surface area contributed by atoms with E-state index in [-0.39, 0.29) is 12.6 Å². The summed E-state index contributed by atoms with van der Waals surface area (Å²) in [5.41, 5.74) is -1.61. The van der Waals surface area contributed by atoms with Crippen molar-refractivity contribution < 1.29 is 19.8 Å². The summed E-state index contributed by atoms with van der Waals surface area (Å²) in [5.74, 6) is -0.829. The summed E-state index contributed by atoms with van der Waals surface area (Å²) in [4.78, 5) is 24.8. The third-order valence-corrected chi connectivity index (χ3v) is 4.30. The molecule has 0 aromatic carbocycles. The summed E-state index contributed by atoms with van der Waals surface area (Å²) in [6.07, 6.45) is 3.61. The molecule has 1 aliphatic heterocycles. The first-order chi connectivity index (χ1) is 8.85. The van der Waals surface area contributed by atoms with Gasteiger partial charge >= 0.3 is 12.0 Å². The predicted octanol–water partition coefficient (Wildman–Crippen LogP) is 0.798. The van der Waals surface area contributed by atoms with Crippen LogP contribution in [0.15, 0.2) is 0 Å². The van der Waals surface area contributed by atoms with Crippen LogP contribution in [0.25, 0.3) is 0 Å². The van der Waals surface area contributed by atoms with E-state index >= 15 is 0 Å². The van der Waals surface area contributed by atoms with Gasteiger partial charge in [0, 0.05) is 13.1 Å². The Kier molecular flexibility index (Phi) is 3.71. The zero-order valence-corrected chi connectivity index (χ0v) is 11.3. The van der Waals surface area contributed by atoms with Crippen molar-refractivity contribution in [1.82, 2.24) is 10.2 Å². The minimum atomic E-state index is -0.837. The molecule has 3 N–H and O–H groups in total. The summed E-state index contributed by atoms with van der Waals surface area (Å²) in [7, 11) is 0. The van der Waals surface area contributed by atoms with Crippen molar-refractivity contribution in [1.29, 1.82) is 0 Å². The lowest BCUT2D eigenvalue weighted by molar-refractivity contribution is -0.153. The molecule has 6 heteroatoms. The number of urea groups is 1. The first kappa shape index (κ1) is 14.1. The van der Waals surface area contributed by atoms with Crippen molar-refractivity contribution in [2.45, 2.75) is 44.6 Å². The van der Waals surface area contributed by atoms with Crippen LogP contribution >= 0.6 is 0 Å². The van der Waals surface area contributed by atoms with Crippen LogP contribution in [-0.2, 0) is 4.79 Å². The van der Waals surface area contributed by atoms with Gasteiger partial charge in [0.15, 0.2) is 0 Å². The van der Waals surface area contributed by atoms with E-state index in [0.717, 1.165) is 12.8 Å². The van der Waals surface area contributed by atoms with E-state index in [4.69, 9.17) is 0 Å². The largest absolute Gasteiger partial charge is 0.481 e. The summed E-state index contributed by atoms with van der Waals surface area (Å²) in [6, 6.07) is -0.271. The Bertz CT molecular complexity index is 377. The zero-order chi connectivity index (χ0) is 14.1. The highest BCUT2D eigenvalue weighted by atomic mass is 16.4. The van der Waals surface area contributed by atoms with Crippen molar-refractivity contribution in [3.63, 3.8) is 0 Å². The second-order valence-corrected chi connectivity index (χ2v) is 6.12. The number of carbonyl (C=O) groups is 2. The van der Waals surface area contributed by atoms with Gasteiger partial charge in [-0.3, -0.25) is 4.79 Å². The van der Waals surface area contributed by atoms with Crippen molar-refractivity contribution >= 4 is 12.0 Å². The third-order valence-electron chi connectivity index (χ3n) is 4.30. The van der Waals surface area contributed by atoms with Gasteiger partial charge in [-0.2, -0.15) is 0 Å². The Hall–Kier alpha value is -1.30. The Morgan fingerprint density at radius 1 is 1.26 bits per heavy atom. The molecule has 1 saturated heterocycles. The number of carboxylic acids is 1. The topological polar surface area (TPSA) is 89.9 Å². The summed E-state index contributed by atoms with van der Waals surface area (Å²) < 4.78 is 0. The molecule has 1 atom stereocenters. The molecule has 2 amide bonds. The van der Waals surface area contributed by atoms with E-state index < -0.39 is 17.0 Å². The number of hydrogen-bond acceptors (Lipinski definition) is 3. The molecule has 0 bridgehead atoms. The fourth-order valence-corrected chi connectivity index (χ4v) is 2.82. The molecule has 1 heterocycles. The molecule has 0 aromatic heterocycles. The molecule has 0 aromatic rings. The Balaban J connectivity index is 1.86. The lowest BCUT2D eigenvalue weighted by Gasteiger charge is -2.40. The van der Waals surface area contributed by atoms with Crippen LogP contribution in [0.1, 0.15) is 39.0 Å². The number of nitrogens with one attached hydrogen (secondary N) is 1. The number of carboxylic acid groups (broad SMARTS) is 1. The van der Waals surface area contributed by atoms with Crippen LogP contribution in [-0.4, -0.2) is 52.3 Å². The minimum Gasteiger partial charge on any atom is -0.481 e. The average molecular weight is 270 g/mol. The third kappa shape index (κ3) is 3.00. The Labute approximate surface area is 112 Å². The highest BCUT2D eigenvalue weighted by molar-refractivity contribution is 5.79. The SMILES string of the molecule is CC1(O)CCCN(C(=O)NCC2(C(=O)O)CCC2)C1. The lowest BCUT2D eigenvalue weighted by Crippen LogP contribution is -2.55. The number of β-amino-alcohol motifs (C(OH)–C–C–N with tert-alkyl or cyclic N) is 1. The van der Waals surface area contributed by atoms with Gasteiger partial charge in [0.25, 0.3) is 0 Å². The molecular weight excluding hydrogens is 248 g/mol. The summed E-state index contributed by atoms with van der Waals surface area (Å²) in [5, 5.41) is 21.8. The van der Waals surface area contributed by atoms with E-state index in [2.05, 4.69) is 5.32 Å². The van der Waals surface area contributed by atoms with Crippen molar-refractivity contribution in [3.05, 3.63) is 0 Å². The number of rotatable bonds is 3. The van der Waals surface area contributed by atoms with Gasteiger partial charge in [0.2, 0.25) is 0 Å². The van der Waals surface area contributed by atoms with Crippen LogP contribution in [0.2, 0.25) is 0 Å². The Morgan fingerprint density at radius 3 is 2.42 bits per heavy atom. The highest BCUT2D eigenvalue weighted by Gasteiger charge is 2.44. The molecule has 2 fully saturated rings. The normalized spacial score (nSPS) is 29.5. The second-order valence-electron chi connectivity index (χ2n) is 6.12. The number of piperidine rings is 1. The maximum atomic E-state index is 12.0. The zero-order valence-electron chi connectivity index (χ0n) is 11.3. The number of aliphatic hydroxyl groups is 1.